The quantitative estimate of drug-likeness (QED) is 0.713. The maximum atomic E-state index is 5.23. The van der Waals surface area contributed by atoms with Gasteiger partial charge in [-0.25, -0.2) is 0 Å². The lowest BCUT2D eigenvalue weighted by atomic mass is 10.1. The van der Waals surface area contributed by atoms with Crippen LogP contribution in [-0.4, -0.2) is 26.0 Å². The molecule has 0 heterocycles. The molecule has 0 radical (unpaired) electrons. The standard InChI is InChI=1S/C18H23NOS/c1-20-18-9-5-8-17(14-18)15-21-13-12-19-11-10-16-6-3-2-4-7-16/h2-9,14,19H,10-13,15H2,1H3. The fourth-order valence-electron chi connectivity index (χ4n) is 2.10. The second kappa shape index (κ2) is 9.48. The Morgan fingerprint density at radius 2 is 1.76 bits per heavy atom. The molecule has 0 aromatic heterocycles. The number of nitrogens with one attached hydrogen (secondary N) is 1. The number of rotatable bonds is 9. The molecule has 2 rings (SSSR count). The van der Waals surface area contributed by atoms with Gasteiger partial charge in [0.05, 0.1) is 7.11 Å². The lowest BCUT2D eigenvalue weighted by Gasteiger charge is -2.06. The van der Waals surface area contributed by atoms with Crippen molar-refractivity contribution in [3.63, 3.8) is 0 Å². The van der Waals surface area contributed by atoms with E-state index in [0.717, 1.165) is 36.8 Å². The Hall–Kier alpha value is -1.45. The minimum atomic E-state index is 0.939. The SMILES string of the molecule is COc1cccc(CSCCNCCc2ccccc2)c1. The summed E-state index contributed by atoms with van der Waals surface area (Å²) in [6.07, 6.45) is 1.10. The Kier molecular flexibility index (Phi) is 7.19. The highest BCUT2D eigenvalue weighted by Crippen LogP contribution is 2.17. The molecule has 0 atom stereocenters. The van der Waals surface area contributed by atoms with Gasteiger partial charge in [-0.15, -0.1) is 0 Å². The molecule has 0 unspecified atom stereocenters. The van der Waals surface area contributed by atoms with E-state index in [4.69, 9.17) is 4.74 Å². The Morgan fingerprint density at radius 1 is 0.952 bits per heavy atom. The number of ether oxygens (including phenoxy) is 1. The van der Waals surface area contributed by atoms with Crippen LogP contribution in [0.25, 0.3) is 0 Å². The highest BCUT2D eigenvalue weighted by atomic mass is 32.2. The van der Waals surface area contributed by atoms with Crippen molar-refractivity contribution in [2.75, 3.05) is 26.0 Å². The maximum Gasteiger partial charge on any atom is 0.119 e. The highest BCUT2D eigenvalue weighted by molar-refractivity contribution is 7.98. The Bertz CT molecular complexity index is 516. The number of thioether (sulfide) groups is 1. The van der Waals surface area contributed by atoms with Crippen LogP contribution in [0.3, 0.4) is 0 Å². The molecule has 21 heavy (non-hydrogen) atoms. The molecule has 0 aliphatic rings. The zero-order valence-corrected chi connectivity index (χ0v) is 13.4. The molecule has 0 saturated heterocycles. The van der Waals surface area contributed by atoms with E-state index in [0.29, 0.717) is 0 Å². The normalized spacial score (nSPS) is 10.5. The zero-order valence-electron chi connectivity index (χ0n) is 12.5. The van der Waals surface area contributed by atoms with E-state index >= 15 is 0 Å². The van der Waals surface area contributed by atoms with Crippen LogP contribution in [-0.2, 0) is 12.2 Å². The molecular formula is C18H23NOS. The van der Waals surface area contributed by atoms with Crippen molar-refractivity contribution >= 4 is 11.8 Å². The summed E-state index contributed by atoms with van der Waals surface area (Å²) < 4.78 is 5.23. The molecule has 112 valence electrons. The summed E-state index contributed by atoms with van der Waals surface area (Å²) >= 11 is 1.95. The average molecular weight is 301 g/mol. The predicted molar refractivity (Wildman–Crippen MR) is 92.2 cm³/mol. The fraction of sp³-hybridized carbons (Fsp3) is 0.333. The minimum Gasteiger partial charge on any atom is -0.497 e. The molecule has 2 aromatic rings. The largest absolute Gasteiger partial charge is 0.497 e. The van der Waals surface area contributed by atoms with E-state index in [2.05, 4.69) is 47.8 Å². The first-order valence-electron chi connectivity index (χ1n) is 7.34. The Balaban J connectivity index is 1.54. The first-order valence-corrected chi connectivity index (χ1v) is 8.49. The first-order chi connectivity index (χ1) is 10.4. The van der Waals surface area contributed by atoms with Crippen molar-refractivity contribution in [2.45, 2.75) is 12.2 Å². The second-order valence-corrected chi connectivity index (χ2v) is 5.99. The summed E-state index contributed by atoms with van der Waals surface area (Å²) in [5, 5.41) is 3.50. The van der Waals surface area contributed by atoms with Gasteiger partial charge in [-0.2, -0.15) is 11.8 Å². The molecule has 0 aliphatic carbocycles. The molecule has 2 nitrogen and oxygen atoms in total. The van der Waals surface area contributed by atoms with Gasteiger partial charge in [0.25, 0.3) is 0 Å². The first kappa shape index (κ1) is 15.9. The van der Waals surface area contributed by atoms with Gasteiger partial charge >= 0.3 is 0 Å². The average Bonchev–Trinajstić information content (AvgIpc) is 2.55. The summed E-state index contributed by atoms with van der Waals surface area (Å²) in [6.45, 7) is 2.10. The van der Waals surface area contributed by atoms with Crippen LogP contribution >= 0.6 is 11.8 Å². The Morgan fingerprint density at radius 3 is 2.57 bits per heavy atom. The Labute approximate surface area is 131 Å². The summed E-state index contributed by atoms with van der Waals surface area (Å²) in [5.74, 6) is 3.11. The molecule has 3 heteroatoms. The number of hydrogen-bond acceptors (Lipinski definition) is 3. The van der Waals surface area contributed by atoms with E-state index in [9.17, 15) is 0 Å². The van der Waals surface area contributed by atoms with Crippen molar-refractivity contribution < 1.29 is 4.74 Å². The second-order valence-electron chi connectivity index (χ2n) is 4.89. The van der Waals surface area contributed by atoms with Gasteiger partial charge in [0.15, 0.2) is 0 Å². The molecule has 0 amide bonds. The minimum absolute atomic E-state index is 0.939. The van der Waals surface area contributed by atoms with Gasteiger partial charge in [0.2, 0.25) is 0 Å². The maximum absolute atomic E-state index is 5.23. The lowest BCUT2D eigenvalue weighted by molar-refractivity contribution is 0.414. The lowest BCUT2D eigenvalue weighted by Crippen LogP contribution is -2.20. The molecule has 0 bridgehead atoms. The highest BCUT2D eigenvalue weighted by Gasteiger charge is 1.97. The van der Waals surface area contributed by atoms with Crippen LogP contribution in [0.2, 0.25) is 0 Å². The molecule has 0 spiro atoms. The van der Waals surface area contributed by atoms with Crippen molar-refractivity contribution in [1.29, 1.82) is 0 Å². The fourth-order valence-corrected chi connectivity index (χ4v) is 2.95. The third-order valence-corrected chi connectivity index (χ3v) is 4.29. The van der Waals surface area contributed by atoms with Crippen molar-refractivity contribution in [3.05, 3.63) is 65.7 Å². The third-order valence-electron chi connectivity index (χ3n) is 3.26. The van der Waals surface area contributed by atoms with E-state index in [-0.39, 0.29) is 0 Å². The van der Waals surface area contributed by atoms with Crippen LogP contribution in [0.15, 0.2) is 54.6 Å². The smallest absolute Gasteiger partial charge is 0.119 e. The van der Waals surface area contributed by atoms with Crippen molar-refractivity contribution in [3.8, 4) is 5.75 Å². The topological polar surface area (TPSA) is 21.3 Å². The van der Waals surface area contributed by atoms with Crippen LogP contribution in [0.4, 0.5) is 0 Å². The number of benzene rings is 2. The van der Waals surface area contributed by atoms with Crippen molar-refractivity contribution in [2.24, 2.45) is 0 Å². The van der Waals surface area contributed by atoms with Crippen LogP contribution < -0.4 is 10.1 Å². The molecule has 0 saturated carbocycles. The number of hydrogen-bond donors (Lipinski definition) is 1. The van der Waals surface area contributed by atoms with Crippen LogP contribution in [0.1, 0.15) is 11.1 Å². The molecule has 0 fully saturated rings. The van der Waals surface area contributed by atoms with E-state index < -0.39 is 0 Å². The van der Waals surface area contributed by atoms with Crippen LogP contribution in [0.5, 0.6) is 5.75 Å². The monoisotopic (exact) mass is 301 g/mol. The van der Waals surface area contributed by atoms with Gasteiger partial charge in [-0.05, 0) is 36.2 Å². The van der Waals surface area contributed by atoms with E-state index in [1.165, 1.54) is 11.1 Å². The summed E-state index contributed by atoms with van der Waals surface area (Å²) in [7, 11) is 1.71. The summed E-state index contributed by atoms with van der Waals surface area (Å²) in [4.78, 5) is 0. The summed E-state index contributed by atoms with van der Waals surface area (Å²) in [5.41, 5.74) is 2.72. The van der Waals surface area contributed by atoms with Crippen LogP contribution in [0, 0.1) is 0 Å². The van der Waals surface area contributed by atoms with Gasteiger partial charge in [-0.1, -0.05) is 42.5 Å². The van der Waals surface area contributed by atoms with Crippen molar-refractivity contribution in [1.82, 2.24) is 5.32 Å². The van der Waals surface area contributed by atoms with Gasteiger partial charge in [0.1, 0.15) is 5.75 Å². The molecule has 1 N–H and O–H groups in total. The van der Waals surface area contributed by atoms with Gasteiger partial charge < -0.3 is 10.1 Å². The van der Waals surface area contributed by atoms with E-state index in [1.807, 2.05) is 23.9 Å². The molecule has 0 aliphatic heterocycles. The third kappa shape index (κ3) is 6.23. The number of methoxy groups -OCH3 is 1. The molecule has 2 aromatic carbocycles. The van der Waals surface area contributed by atoms with E-state index in [1.54, 1.807) is 7.11 Å². The predicted octanol–water partition coefficient (Wildman–Crippen LogP) is 3.76. The van der Waals surface area contributed by atoms with Gasteiger partial charge in [-0.3, -0.25) is 0 Å². The zero-order chi connectivity index (χ0) is 14.8. The molecular weight excluding hydrogens is 278 g/mol. The summed E-state index contributed by atoms with van der Waals surface area (Å²) in [6, 6.07) is 18.9. The van der Waals surface area contributed by atoms with Gasteiger partial charge in [0, 0.05) is 18.1 Å².